The number of ether oxygens (including phenoxy) is 1. The molecule has 0 aliphatic rings. The minimum absolute atomic E-state index is 0.222. The Balaban J connectivity index is 2.49. The summed E-state index contributed by atoms with van der Waals surface area (Å²) in [6.07, 6.45) is 0. The van der Waals surface area contributed by atoms with Crippen LogP contribution in [0, 0.1) is 6.92 Å². The molecule has 0 aliphatic heterocycles. The van der Waals surface area contributed by atoms with Gasteiger partial charge < -0.3 is 10.5 Å². The first kappa shape index (κ1) is 11.8. The summed E-state index contributed by atoms with van der Waals surface area (Å²) in [4.78, 5) is 12.3. The zero-order chi connectivity index (χ0) is 12.4. The first-order valence-electron chi connectivity index (χ1n) is 4.92. The van der Waals surface area contributed by atoms with Gasteiger partial charge in [-0.25, -0.2) is 4.98 Å². The van der Waals surface area contributed by atoms with Crippen molar-refractivity contribution < 1.29 is 4.74 Å². The molecule has 0 aliphatic carbocycles. The van der Waals surface area contributed by atoms with Crippen LogP contribution in [0.1, 0.15) is 5.82 Å². The topological polar surface area (TPSA) is 73.9 Å². The highest BCUT2D eigenvalue weighted by atomic mass is 79.9. The predicted octanol–water partition coefficient (Wildman–Crippen LogP) is 2.20. The van der Waals surface area contributed by atoms with Gasteiger partial charge in [0.25, 0.3) is 0 Å². The Morgan fingerprint density at radius 3 is 2.59 bits per heavy atom. The third-order valence-electron chi connectivity index (χ3n) is 2.17. The summed E-state index contributed by atoms with van der Waals surface area (Å²) in [6.45, 7) is 1.78. The lowest BCUT2D eigenvalue weighted by Crippen LogP contribution is -2.01. The van der Waals surface area contributed by atoms with Gasteiger partial charge in [0.05, 0.1) is 11.6 Å². The molecule has 0 fully saturated rings. The Morgan fingerprint density at radius 2 is 2.00 bits per heavy atom. The van der Waals surface area contributed by atoms with E-state index in [2.05, 4.69) is 30.9 Å². The second kappa shape index (κ2) is 4.67. The Hall–Kier alpha value is -1.69. The normalized spacial score (nSPS) is 10.3. The van der Waals surface area contributed by atoms with Gasteiger partial charge in [-0.2, -0.15) is 9.97 Å². The molecule has 2 N–H and O–H groups in total. The van der Waals surface area contributed by atoms with E-state index < -0.39 is 0 Å². The molecule has 2 rings (SSSR count). The van der Waals surface area contributed by atoms with Crippen LogP contribution in [0.25, 0.3) is 11.4 Å². The van der Waals surface area contributed by atoms with Crippen LogP contribution in [-0.2, 0) is 0 Å². The van der Waals surface area contributed by atoms with Gasteiger partial charge in [0.1, 0.15) is 11.6 Å². The van der Waals surface area contributed by atoms with E-state index in [1.54, 1.807) is 14.0 Å². The summed E-state index contributed by atoms with van der Waals surface area (Å²) < 4.78 is 6.00. The van der Waals surface area contributed by atoms with Crippen LogP contribution in [0.5, 0.6) is 5.75 Å². The van der Waals surface area contributed by atoms with Gasteiger partial charge >= 0.3 is 0 Å². The second-order valence-electron chi connectivity index (χ2n) is 3.41. The Kier molecular flexibility index (Phi) is 3.23. The third kappa shape index (κ3) is 2.52. The van der Waals surface area contributed by atoms with Crippen molar-refractivity contribution in [2.45, 2.75) is 6.92 Å². The summed E-state index contributed by atoms with van der Waals surface area (Å²) in [7, 11) is 1.62. The maximum absolute atomic E-state index is 5.59. The molecule has 0 radical (unpaired) electrons. The summed E-state index contributed by atoms with van der Waals surface area (Å²) in [6, 6.07) is 5.60. The standard InChI is InChI=1S/C11H11BrN4O/c1-6-14-10(16-11(13)15-6)7-3-4-9(17-2)8(12)5-7/h3-5H,1-2H3,(H2,13,14,15,16). The summed E-state index contributed by atoms with van der Waals surface area (Å²) >= 11 is 3.41. The van der Waals surface area contributed by atoms with Gasteiger partial charge in [-0.3, -0.25) is 0 Å². The lowest BCUT2D eigenvalue weighted by Gasteiger charge is -2.06. The van der Waals surface area contributed by atoms with Crippen molar-refractivity contribution in [2.24, 2.45) is 0 Å². The van der Waals surface area contributed by atoms with E-state index in [1.165, 1.54) is 0 Å². The third-order valence-corrected chi connectivity index (χ3v) is 2.79. The average molecular weight is 295 g/mol. The maximum atomic E-state index is 5.59. The fourth-order valence-electron chi connectivity index (χ4n) is 1.44. The van der Waals surface area contributed by atoms with Crippen molar-refractivity contribution in [2.75, 3.05) is 12.8 Å². The number of nitrogen functional groups attached to an aromatic ring is 1. The van der Waals surface area contributed by atoms with Crippen LogP contribution in [0.4, 0.5) is 5.95 Å². The number of benzene rings is 1. The van der Waals surface area contributed by atoms with Crippen molar-refractivity contribution in [1.82, 2.24) is 15.0 Å². The summed E-state index contributed by atoms with van der Waals surface area (Å²) in [5, 5.41) is 0. The Labute approximate surface area is 107 Å². The van der Waals surface area contributed by atoms with Crippen LogP contribution in [0.15, 0.2) is 22.7 Å². The van der Waals surface area contributed by atoms with Crippen molar-refractivity contribution in [3.05, 3.63) is 28.5 Å². The first-order valence-corrected chi connectivity index (χ1v) is 5.71. The van der Waals surface area contributed by atoms with Gasteiger partial charge in [-0.05, 0) is 41.1 Å². The molecular formula is C11H11BrN4O. The highest BCUT2D eigenvalue weighted by Crippen LogP contribution is 2.29. The average Bonchev–Trinajstić information content (AvgIpc) is 2.27. The van der Waals surface area contributed by atoms with Crippen molar-refractivity contribution in [3.8, 4) is 17.1 Å². The smallest absolute Gasteiger partial charge is 0.223 e. The van der Waals surface area contributed by atoms with Crippen molar-refractivity contribution in [3.63, 3.8) is 0 Å². The number of aromatic nitrogens is 3. The number of halogens is 1. The number of nitrogens with two attached hydrogens (primary N) is 1. The lowest BCUT2D eigenvalue weighted by molar-refractivity contribution is 0.412. The van der Waals surface area contributed by atoms with Gasteiger partial charge in [0.15, 0.2) is 5.82 Å². The van der Waals surface area contributed by atoms with E-state index in [-0.39, 0.29) is 5.95 Å². The number of hydrogen-bond acceptors (Lipinski definition) is 5. The van der Waals surface area contributed by atoms with Crippen LogP contribution in [0.3, 0.4) is 0 Å². The van der Waals surface area contributed by atoms with Crippen molar-refractivity contribution in [1.29, 1.82) is 0 Å². The van der Waals surface area contributed by atoms with Gasteiger partial charge in [-0.15, -0.1) is 0 Å². The van der Waals surface area contributed by atoms with E-state index in [9.17, 15) is 0 Å². The second-order valence-corrected chi connectivity index (χ2v) is 4.27. The number of methoxy groups -OCH3 is 1. The largest absolute Gasteiger partial charge is 0.496 e. The molecule has 6 heteroatoms. The molecule has 1 heterocycles. The highest BCUT2D eigenvalue weighted by molar-refractivity contribution is 9.10. The molecule has 2 aromatic rings. The predicted molar refractivity (Wildman–Crippen MR) is 68.7 cm³/mol. The number of nitrogens with zero attached hydrogens (tertiary/aromatic N) is 3. The fourth-order valence-corrected chi connectivity index (χ4v) is 1.98. The molecule has 0 atom stereocenters. The minimum Gasteiger partial charge on any atom is -0.496 e. The van der Waals surface area contributed by atoms with Crippen molar-refractivity contribution >= 4 is 21.9 Å². The molecule has 1 aromatic heterocycles. The Bertz CT molecular complexity index is 539. The van der Waals surface area contributed by atoms with Crippen LogP contribution in [-0.4, -0.2) is 22.1 Å². The number of rotatable bonds is 2. The monoisotopic (exact) mass is 294 g/mol. The first-order chi connectivity index (χ1) is 8.10. The molecule has 0 spiro atoms. The van der Waals surface area contributed by atoms with Crippen LogP contribution < -0.4 is 10.5 Å². The van der Waals surface area contributed by atoms with E-state index in [0.29, 0.717) is 11.6 Å². The quantitative estimate of drug-likeness (QED) is 0.919. The maximum Gasteiger partial charge on any atom is 0.223 e. The zero-order valence-electron chi connectivity index (χ0n) is 9.44. The fraction of sp³-hybridized carbons (Fsp3) is 0.182. The molecule has 0 saturated heterocycles. The lowest BCUT2D eigenvalue weighted by atomic mass is 10.2. The molecule has 0 unspecified atom stereocenters. The van der Waals surface area contributed by atoms with Gasteiger partial charge in [0.2, 0.25) is 5.95 Å². The molecular weight excluding hydrogens is 284 g/mol. The zero-order valence-corrected chi connectivity index (χ0v) is 11.0. The Morgan fingerprint density at radius 1 is 1.24 bits per heavy atom. The number of anilines is 1. The summed E-state index contributed by atoms with van der Waals surface area (Å²) in [5.74, 6) is 2.13. The van der Waals surface area contributed by atoms with E-state index in [1.807, 2.05) is 18.2 Å². The number of hydrogen-bond donors (Lipinski definition) is 1. The number of aryl methyl sites for hydroxylation is 1. The van der Waals surface area contributed by atoms with Gasteiger partial charge in [0, 0.05) is 5.56 Å². The SMILES string of the molecule is COc1ccc(-c2nc(C)nc(N)n2)cc1Br. The molecule has 1 aromatic carbocycles. The molecule has 88 valence electrons. The van der Waals surface area contributed by atoms with Crippen LogP contribution in [0.2, 0.25) is 0 Å². The molecule has 17 heavy (non-hydrogen) atoms. The van der Waals surface area contributed by atoms with Gasteiger partial charge in [-0.1, -0.05) is 0 Å². The summed E-state index contributed by atoms with van der Waals surface area (Å²) in [5.41, 5.74) is 6.45. The van der Waals surface area contributed by atoms with Crippen LogP contribution >= 0.6 is 15.9 Å². The van der Waals surface area contributed by atoms with E-state index in [0.717, 1.165) is 15.8 Å². The van der Waals surface area contributed by atoms with E-state index >= 15 is 0 Å². The molecule has 0 saturated carbocycles. The van der Waals surface area contributed by atoms with E-state index in [4.69, 9.17) is 10.5 Å². The minimum atomic E-state index is 0.222. The molecule has 0 amide bonds. The molecule has 5 nitrogen and oxygen atoms in total. The molecule has 0 bridgehead atoms. The highest BCUT2D eigenvalue weighted by Gasteiger charge is 2.07.